The molecule has 3 N–H and O–H groups in total. The third kappa shape index (κ3) is 3.95. The van der Waals surface area contributed by atoms with Crippen molar-refractivity contribution in [1.82, 2.24) is 4.98 Å². The number of methoxy groups -OCH3 is 1. The molecule has 1 aromatic carbocycles. The Morgan fingerprint density at radius 1 is 1.29 bits per heavy atom. The molecule has 5 heteroatoms. The van der Waals surface area contributed by atoms with Gasteiger partial charge < -0.3 is 15.6 Å². The highest BCUT2D eigenvalue weighted by Gasteiger charge is 2.22. The van der Waals surface area contributed by atoms with E-state index in [1.807, 2.05) is 43.5 Å². The summed E-state index contributed by atoms with van der Waals surface area (Å²) >= 11 is 1.43. The zero-order valence-electron chi connectivity index (χ0n) is 12.6. The first-order chi connectivity index (χ1) is 10.0. The van der Waals surface area contributed by atoms with Crippen molar-refractivity contribution in [2.24, 2.45) is 5.92 Å². The number of anilines is 1. The highest BCUT2D eigenvalue weighted by atomic mass is 32.1. The van der Waals surface area contributed by atoms with Gasteiger partial charge in [0.2, 0.25) is 0 Å². The molecule has 2 rings (SSSR count). The minimum atomic E-state index is -0.375. The molecule has 0 spiro atoms. The summed E-state index contributed by atoms with van der Waals surface area (Å²) in [6.07, 6.45) is 0.257. The molecule has 0 aliphatic carbocycles. The van der Waals surface area contributed by atoms with Crippen molar-refractivity contribution in [3.8, 4) is 5.75 Å². The molecule has 114 valence electrons. The van der Waals surface area contributed by atoms with E-state index >= 15 is 0 Å². The van der Waals surface area contributed by atoms with E-state index in [0.29, 0.717) is 11.6 Å². The number of aliphatic hydroxyl groups excluding tert-OH is 1. The molecule has 0 saturated carbocycles. The number of aromatic nitrogens is 1. The van der Waals surface area contributed by atoms with Crippen LogP contribution in [0.3, 0.4) is 0 Å². The first-order valence-corrected chi connectivity index (χ1v) is 7.92. The highest BCUT2D eigenvalue weighted by Crippen LogP contribution is 2.33. The first kappa shape index (κ1) is 15.8. The fourth-order valence-electron chi connectivity index (χ4n) is 2.24. The third-order valence-electron chi connectivity index (χ3n) is 3.66. The van der Waals surface area contributed by atoms with E-state index in [9.17, 15) is 5.11 Å². The van der Waals surface area contributed by atoms with Crippen LogP contribution in [0.1, 0.15) is 37.4 Å². The molecule has 0 aliphatic heterocycles. The molecule has 21 heavy (non-hydrogen) atoms. The molecule has 2 unspecified atom stereocenters. The van der Waals surface area contributed by atoms with Crippen molar-refractivity contribution < 1.29 is 9.84 Å². The molecule has 0 fully saturated rings. The second kappa shape index (κ2) is 6.91. The summed E-state index contributed by atoms with van der Waals surface area (Å²) in [5.74, 6) is 1.07. The lowest BCUT2D eigenvalue weighted by Crippen LogP contribution is -2.19. The molecule has 0 aliphatic rings. The van der Waals surface area contributed by atoms with Crippen LogP contribution in [-0.4, -0.2) is 23.3 Å². The fourth-order valence-corrected chi connectivity index (χ4v) is 2.85. The van der Waals surface area contributed by atoms with Crippen molar-refractivity contribution in [1.29, 1.82) is 0 Å². The normalized spacial score (nSPS) is 14.1. The molecule has 2 aromatic rings. The van der Waals surface area contributed by atoms with Crippen LogP contribution >= 0.6 is 11.3 Å². The zero-order chi connectivity index (χ0) is 15.4. The minimum absolute atomic E-state index is 0.0434. The van der Waals surface area contributed by atoms with Gasteiger partial charge >= 0.3 is 0 Å². The van der Waals surface area contributed by atoms with E-state index in [0.717, 1.165) is 17.0 Å². The molecular weight excluding hydrogens is 284 g/mol. The van der Waals surface area contributed by atoms with Gasteiger partial charge in [0, 0.05) is 11.3 Å². The maximum Gasteiger partial charge on any atom is 0.180 e. The standard InChI is InChI=1S/C16H22N2O2S/c1-10(2)15(19)8-13(14-9-21-16(17)18-14)11-4-6-12(20-3)7-5-11/h4-7,9-10,13,15,19H,8H2,1-3H3,(H2,17,18). The molecule has 1 heterocycles. The number of ether oxygens (including phenoxy) is 1. The average molecular weight is 306 g/mol. The van der Waals surface area contributed by atoms with E-state index < -0.39 is 0 Å². The van der Waals surface area contributed by atoms with E-state index in [1.165, 1.54) is 11.3 Å². The van der Waals surface area contributed by atoms with Gasteiger partial charge in [-0.15, -0.1) is 11.3 Å². The maximum atomic E-state index is 10.2. The van der Waals surface area contributed by atoms with Crippen LogP contribution in [0.2, 0.25) is 0 Å². The Morgan fingerprint density at radius 3 is 2.43 bits per heavy atom. The van der Waals surface area contributed by atoms with E-state index in [1.54, 1.807) is 7.11 Å². The minimum Gasteiger partial charge on any atom is -0.497 e. The maximum absolute atomic E-state index is 10.2. The summed E-state index contributed by atoms with van der Waals surface area (Å²) < 4.78 is 5.20. The summed E-state index contributed by atoms with van der Waals surface area (Å²) in [7, 11) is 1.65. The van der Waals surface area contributed by atoms with Gasteiger partial charge in [0.05, 0.1) is 18.9 Å². The number of nitrogen functional groups attached to an aromatic ring is 1. The number of aliphatic hydroxyl groups is 1. The van der Waals surface area contributed by atoms with Crippen molar-refractivity contribution >= 4 is 16.5 Å². The van der Waals surface area contributed by atoms with Crippen molar-refractivity contribution in [2.75, 3.05) is 12.8 Å². The van der Waals surface area contributed by atoms with E-state index in [-0.39, 0.29) is 17.9 Å². The SMILES string of the molecule is COc1ccc(C(CC(O)C(C)C)c2csc(N)n2)cc1. The third-order valence-corrected chi connectivity index (χ3v) is 4.35. The molecule has 0 saturated heterocycles. The van der Waals surface area contributed by atoms with Crippen LogP contribution in [0.25, 0.3) is 0 Å². The fraction of sp³-hybridized carbons (Fsp3) is 0.438. The summed E-state index contributed by atoms with van der Waals surface area (Å²) in [6, 6.07) is 7.90. The van der Waals surface area contributed by atoms with Crippen LogP contribution in [0.15, 0.2) is 29.6 Å². The second-order valence-electron chi connectivity index (χ2n) is 5.48. The monoisotopic (exact) mass is 306 g/mol. The van der Waals surface area contributed by atoms with Crippen molar-refractivity contribution in [3.63, 3.8) is 0 Å². The summed E-state index contributed by atoms with van der Waals surface area (Å²) in [6.45, 7) is 4.04. The van der Waals surface area contributed by atoms with Crippen LogP contribution < -0.4 is 10.5 Å². The van der Waals surface area contributed by atoms with Gasteiger partial charge in [0.25, 0.3) is 0 Å². The molecule has 0 bridgehead atoms. The topological polar surface area (TPSA) is 68.4 Å². The summed E-state index contributed by atoms with van der Waals surface area (Å²) in [5, 5.41) is 12.8. The number of benzene rings is 1. The van der Waals surface area contributed by atoms with E-state index in [4.69, 9.17) is 10.5 Å². The molecule has 4 nitrogen and oxygen atoms in total. The smallest absolute Gasteiger partial charge is 0.180 e. The first-order valence-electron chi connectivity index (χ1n) is 7.04. The van der Waals surface area contributed by atoms with Gasteiger partial charge in [0.15, 0.2) is 5.13 Å². The number of nitrogens with zero attached hydrogens (tertiary/aromatic N) is 1. The lowest BCUT2D eigenvalue weighted by atomic mass is 9.87. The lowest BCUT2D eigenvalue weighted by molar-refractivity contribution is 0.111. The summed E-state index contributed by atoms with van der Waals surface area (Å²) in [4.78, 5) is 4.40. The molecule has 0 radical (unpaired) electrons. The predicted molar refractivity (Wildman–Crippen MR) is 86.8 cm³/mol. The molecule has 1 aromatic heterocycles. The van der Waals surface area contributed by atoms with Gasteiger partial charge in [-0.2, -0.15) is 0 Å². The Balaban J connectivity index is 2.30. The summed E-state index contributed by atoms with van der Waals surface area (Å²) in [5.41, 5.74) is 7.79. The van der Waals surface area contributed by atoms with Gasteiger partial charge in [-0.1, -0.05) is 26.0 Å². The second-order valence-corrected chi connectivity index (χ2v) is 6.37. The Kier molecular flexibility index (Phi) is 5.20. The zero-order valence-corrected chi connectivity index (χ0v) is 13.4. The highest BCUT2D eigenvalue weighted by molar-refractivity contribution is 7.13. The van der Waals surface area contributed by atoms with Gasteiger partial charge in [0.1, 0.15) is 5.75 Å². The molecular formula is C16H22N2O2S. The van der Waals surface area contributed by atoms with Crippen LogP contribution in [0.4, 0.5) is 5.13 Å². The van der Waals surface area contributed by atoms with E-state index in [2.05, 4.69) is 4.98 Å². The predicted octanol–water partition coefficient (Wildman–Crippen LogP) is 3.27. The number of hydrogen-bond donors (Lipinski definition) is 2. The molecule has 2 atom stereocenters. The Morgan fingerprint density at radius 2 is 1.95 bits per heavy atom. The van der Waals surface area contributed by atoms with Crippen molar-refractivity contribution in [2.45, 2.75) is 32.3 Å². The largest absolute Gasteiger partial charge is 0.497 e. The van der Waals surface area contributed by atoms with Gasteiger partial charge in [-0.05, 0) is 30.0 Å². The number of thiazole rings is 1. The Bertz CT molecular complexity index is 566. The van der Waals surface area contributed by atoms with Gasteiger partial charge in [-0.25, -0.2) is 4.98 Å². The number of nitrogens with two attached hydrogens (primary N) is 1. The number of hydrogen-bond acceptors (Lipinski definition) is 5. The van der Waals surface area contributed by atoms with Crippen LogP contribution in [0.5, 0.6) is 5.75 Å². The van der Waals surface area contributed by atoms with Crippen LogP contribution in [0, 0.1) is 5.92 Å². The van der Waals surface area contributed by atoms with Crippen molar-refractivity contribution in [3.05, 3.63) is 40.9 Å². The lowest BCUT2D eigenvalue weighted by Gasteiger charge is -2.22. The van der Waals surface area contributed by atoms with Gasteiger partial charge in [-0.3, -0.25) is 0 Å². The quantitative estimate of drug-likeness (QED) is 0.859. The molecule has 0 amide bonds. The average Bonchev–Trinajstić information content (AvgIpc) is 2.91. The Hall–Kier alpha value is -1.59. The number of rotatable bonds is 6. The Labute approximate surface area is 129 Å². The van der Waals surface area contributed by atoms with Crippen LogP contribution in [-0.2, 0) is 0 Å².